The quantitative estimate of drug-likeness (QED) is 0.869. The van der Waals surface area contributed by atoms with E-state index in [9.17, 15) is 8.42 Å². The normalized spacial score (nSPS) is 16.9. The van der Waals surface area contributed by atoms with Crippen LogP contribution in [0.2, 0.25) is 0 Å². The molecular formula is C12H17N3O2S2. The van der Waals surface area contributed by atoms with Crippen molar-refractivity contribution in [1.82, 2.24) is 0 Å². The summed E-state index contributed by atoms with van der Waals surface area (Å²) in [5.74, 6) is 0. The average molecular weight is 299 g/mol. The molecule has 2 rings (SSSR count). The van der Waals surface area contributed by atoms with Crippen molar-refractivity contribution in [2.24, 2.45) is 5.41 Å². The molecule has 0 atom stereocenters. The molecule has 0 saturated heterocycles. The van der Waals surface area contributed by atoms with E-state index in [4.69, 9.17) is 11.0 Å². The highest BCUT2D eigenvalue weighted by Crippen LogP contribution is 2.49. The predicted octanol–water partition coefficient (Wildman–Crippen LogP) is 2.21. The van der Waals surface area contributed by atoms with Crippen LogP contribution in [0.15, 0.2) is 4.90 Å². The third-order valence-electron chi connectivity index (χ3n) is 3.70. The maximum absolute atomic E-state index is 11.8. The van der Waals surface area contributed by atoms with Crippen LogP contribution in [-0.2, 0) is 9.84 Å². The van der Waals surface area contributed by atoms with Gasteiger partial charge in [-0.3, -0.25) is 0 Å². The van der Waals surface area contributed by atoms with E-state index in [1.807, 2.05) is 6.07 Å². The van der Waals surface area contributed by atoms with Crippen molar-refractivity contribution in [1.29, 1.82) is 5.26 Å². The molecule has 1 fully saturated rings. The van der Waals surface area contributed by atoms with Gasteiger partial charge >= 0.3 is 0 Å². The van der Waals surface area contributed by atoms with E-state index >= 15 is 0 Å². The van der Waals surface area contributed by atoms with Gasteiger partial charge in [0.05, 0.1) is 5.69 Å². The van der Waals surface area contributed by atoms with Crippen LogP contribution in [0.3, 0.4) is 0 Å². The zero-order valence-electron chi connectivity index (χ0n) is 11.0. The molecule has 1 aromatic rings. The molecule has 19 heavy (non-hydrogen) atoms. The van der Waals surface area contributed by atoms with Gasteiger partial charge < -0.3 is 11.1 Å². The summed E-state index contributed by atoms with van der Waals surface area (Å²) in [7, 11) is -3.44. The van der Waals surface area contributed by atoms with E-state index in [2.05, 4.69) is 12.2 Å². The van der Waals surface area contributed by atoms with Crippen LogP contribution in [0.1, 0.15) is 31.1 Å². The Labute approximate surface area is 117 Å². The molecule has 1 aliphatic rings. The first kappa shape index (κ1) is 14.2. The summed E-state index contributed by atoms with van der Waals surface area (Å²) in [6, 6.07) is 1.94. The van der Waals surface area contributed by atoms with Crippen molar-refractivity contribution in [2.45, 2.75) is 31.1 Å². The average Bonchev–Trinajstić information content (AvgIpc) is 3.04. The van der Waals surface area contributed by atoms with Gasteiger partial charge in [0.1, 0.15) is 20.8 Å². The molecule has 0 bridgehead atoms. The lowest BCUT2D eigenvalue weighted by Gasteiger charge is -2.14. The number of nitriles is 1. The van der Waals surface area contributed by atoms with Crippen molar-refractivity contribution < 1.29 is 8.42 Å². The molecule has 1 saturated carbocycles. The van der Waals surface area contributed by atoms with Gasteiger partial charge in [-0.2, -0.15) is 5.26 Å². The monoisotopic (exact) mass is 299 g/mol. The summed E-state index contributed by atoms with van der Waals surface area (Å²) < 4.78 is 23.6. The zero-order chi connectivity index (χ0) is 14.3. The second-order valence-corrected chi connectivity index (χ2v) is 8.07. The fraction of sp³-hybridized carbons (Fsp3) is 0.583. The van der Waals surface area contributed by atoms with Crippen LogP contribution in [0, 0.1) is 16.7 Å². The molecule has 1 aliphatic carbocycles. The SMILES string of the molecule is CCC1(CNc2sc(C#N)c(N)c2S(C)(=O)=O)CC1. The molecule has 0 aromatic carbocycles. The van der Waals surface area contributed by atoms with Crippen molar-refractivity contribution >= 4 is 31.9 Å². The smallest absolute Gasteiger partial charge is 0.180 e. The molecule has 1 heterocycles. The van der Waals surface area contributed by atoms with Crippen LogP contribution in [0.25, 0.3) is 0 Å². The number of hydrogen-bond acceptors (Lipinski definition) is 6. The van der Waals surface area contributed by atoms with Gasteiger partial charge in [-0.25, -0.2) is 8.42 Å². The first-order valence-electron chi connectivity index (χ1n) is 6.09. The fourth-order valence-electron chi connectivity index (χ4n) is 2.10. The second kappa shape index (κ2) is 4.69. The molecule has 0 unspecified atom stereocenters. The van der Waals surface area contributed by atoms with Crippen molar-refractivity contribution in [3.05, 3.63) is 4.88 Å². The van der Waals surface area contributed by atoms with Crippen LogP contribution >= 0.6 is 11.3 Å². The van der Waals surface area contributed by atoms with Gasteiger partial charge in [-0.15, -0.1) is 11.3 Å². The molecule has 7 heteroatoms. The van der Waals surface area contributed by atoms with E-state index in [1.165, 1.54) is 0 Å². The Bertz CT molecular complexity index is 637. The largest absolute Gasteiger partial charge is 0.396 e. The number of nitrogens with two attached hydrogens (primary N) is 1. The van der Waals surface area contributed by atoms with Gasteiger partial charge in [0, 0.05) is 12.8 Å². The lowest BCUT2D eigenvalue weighted by Crippen LogP contribution is -2.15. The van der Waals surface area contributed by atoms with E-state index in [0.29, 0.717) is 10.4 Å². The third kappa shape index (κ3) is 2.69. The van der Waals surface area contributed by atoms with Gasteiger partial charge in [-0.05, 0) is 24.7 Å². The molecule has 5 nitrogen and oxygen atoms in total. The highest BCUT2D eigenvalue weighted by molar-refractivity contribution is 7.91. The lowest BCUT2D eigenvalue weighted by atomic mass is 10.0. The second-order valence-electron chi connectivity index (χ2n) is 5.09. The number of nitrogens with one attached hydrogen (secondary N) is 1. The maximum Gasteiger partial charge on any atom is 0.180 e. The Morgan fingerprint density at radius 3 is 2.58 bits per heavy atom. The molecule has 0 aliphatic heterocycles. The van der Waals surface area contributed by atoms with E-state index in [0.717, 1.165) is 43.4 Å². The molecule has 0 spiro atoms. The fourth-order valence-corrected chi connectivity index (χ4v) is 4.46. The molecule has 1 aromatic heterocycles. The molecule has 0 amide bonds. The van der Waals surface area contributed by atoms with Gasteiger partial charge in [0.25, 0.3) is 0 Å². The molecule has 0 radical (unpaired) electrons. The van der Waals surface area contributed by atoms with E-state index in [-0.39, 0.29) is 15.5 Å². The minimum Gasteiger partial charge on any atom is -0.396 e. The molecule has 104 valence electrons. The summed E-state index contributed by atoms with van der Waals surface area (Å²) in [5, 5.41) is 12.6. The first-order valence-corrected chi connectivity index (χ1v) is 8.80. The number of rotatable bonds is 5. The Morgan fingerprint density at radius 2 is 2.16 bits per heavy atom. The van der Waals surface area contributed by atoms with Crippen LogP contribution in [0.5, 0.6) is 0 Å². The van der Waals surface area contributed by atoms with Crippen molar-refractivity contribution in [2.75, 3.05) is 23.9 Å². The zero-order valence-corrected chi connectivity index (χ0v) is 12.6. The minimum atomic E-state index is -3.44. The molecular weight excluding hydrogens is 282 g/mol. The van der Waals surface area contributed by atoms with Crippen LogP contribution in [-0.4, -0.2) is 21.2 Å². The lowest BCUT2D eigenvalue weighted by molar-refractivity contribution is 0.521. The third-order valence-corrected chi connectivity index (χ3v) is 6.07. The van der Waals surface area contributed by atoms with Crippen molar-refractivity contribution in [3.63, 3.8) is 0 Å². The Kier molecular flexibility index (Phi) is 3.49. The highest BCUT2D eigenvalue weighted by atomic mass is 32.2. The molecule has 3 N–H and O–H groups in total. The number of nitrogens with zero attached hydrogens (tertiary/aromatic N) is 1. The summed E-state index contributed by atoms with van der Waals surface area (Å²) >= 11 is 1.12. The van der Waals surface area contributed by atoms with Gasteiger partial charge in [0.15, 0.2) is 9.84 Å². The van der Waals surface area contributed by atoms with Crippen LogP contribution < -0.4 is 11.1 Å². The highest BCUT2D eigenvalue weighted by Gasteiger charge is 2.40. The predicted molar refractivity (Wildman–Crippen MR) is 77.0 cm³/mol. The summed E-state index contributed by atoms with van der Waals surface area (Å²) in [5.41, 5.74) is 6.12. The maximum atomic E-state index is 11.8. The van der Waals surface area contributed by atoms with E-state index in [1.54, 1.807) is 0 Å². The Hall–Kier alpha value is -1.26. The number of thiophene rings is 1. The Morgan fingerprint density at radius 1 is 1.53 bits per heavy atom. The standard InChI is InChI=1S/C12H17N3O2S2/c1-3-12(4-5-12)7-15-11-10(19(2,16)17)9(14)8(6-13)18-11/h15H,3-5,7,14H2,1-2H3. The minimum absolute atomic E-state index is 0.0684. The van der Waals surface area contributed by atoms with Gasteiger partial charge in [-0.1, -0.05) is 6.92 Å². The van der Waals surface area contributed by atoms with E-state index < -0.39 is 9.84 Å². The number of nitrogen functional groups attached to an aromatic ring is 1. The summed E-state index contributed by atoms with van der Waals surface area (Å²) in [6.45, 7) is 2.87. The topological polar surface area (TPSA) is 96.0 Å². The first-order chi connectivity index (χ1) is 8.83. The number of anilines is 2. The van der Waals surface area contributed by atoms with Gasteiger partial charge in [0.2, 0.25) is 0 Å². The summed E-state index contributed by atoms with van der Waals surface area (Å²) in [6.07, 6.45) is 4.51. The summed E-state index contributed by atoms with van der Waals surface area (Å²) in [4.78, 5) is 0.324. The number of hydrogen-bond donors (Lipinski definition) is 2. The van der Waals surface area contributed by atoms with Crippen molar-refractivity contribution in [3.8, 4) is 6.07 Å². The van der Waals surface area contributed by atoms with Crippen LogP contribution in [0.4, 0.5) is 10.7 Å². The Balaban J connectivity index is 2.32. The number of sulfone groups is 1.